The Bertz CT molecular complexity index is 272. The molecule has 106 valence electrons. The highest BCUT2D eigenvalue weighted by Crippen LogP contribution is 2.25. The van der Waals surface area contributed by atoms with Gasteiger partial charge in [-0.1, -0.05) is 19.8 Å². The van der Waals surface area contributed by atoms with E-state index in [-0.39, 0.29) is 18.1 Å². The maximum Gasteiger partial charge on any atom is 0.322 e. The number of nitrogens with one attached hydrogen (secondary N) is 1. The van der Waals surface area contributed by atoms with Crippen LogP contribution in [0.1, 0.15) is 39.5 Å². The van der Waals surface area contributed by atoms with Crippen molar-refractivity contribution in [2.45, 2.75) is 57.3 Å². The van der Waals surface area contributed by atoms with Gasteiger partial charge >= 0.3 is 5.97 Å². The molecule has 1 heterocycles. The van der Waals surface area contributed by atoms with E-state index in [4.69, 9.17) is 9.47 Å². The standard InChI is InChI=1S/C13H25NO4/c1-4-5-6-11(12(15)17-3)14-9-13(16)7-8-18-10(13)2/h10-11,14,16H,4-9H2,1-3H3. The third-order valence-corrected chi connectivity index (χ3v) is 3.65. The van der Waals surface area contributed by atoms with Gasteiger partial charge in [0.15, 0.2) is 0 Å². The Labute approximate surface area is 109 Å². The number of hydrogen-bond acceptors (Lipinski definition) is 5. The van der Waals surface area contributed by atoms with E-state index in [0.717, 1.165) is 19.3 Å². The first-order valence-electron chi connectivity index (χ1n) is 6.68. The summed E-state index contributed by atoms with van der Waals surface area (Å²) in [5.74, 6) is -0.265. The van der Waals surface area contributed by atoms with Crippen molar-refractivity contribution in [2.75, 3.05) is 20.3 Å². The van der Waals surface area contributed by atoms with E-state index in [2.05, 4.69) is 12.2 Å². The Morgan fingerprint density at radius 3 is 2.89 bits per heavy atom. The lowest BCUT2D eigenvalue weighted by Gasteiger charge is -2.28. The van der Waals surface area contributed by atoms with Crippen LogP contribution in [0, 0.1) is 0 Å². The van der Waals surface area contributed by atoms with Gasteiger partial charge < -0.3 is 19.9 Å². The third kappa shape index (κ3) is 3.93. The Hall–Kier alpha value is -0.650. The summed E-state index contributed by atoms with van der Waals surface area (Å²) in [5.41, 5.74) is -0.877. The Morgan fingerprint density at radius 2 is 2.39 bits per heavy atom. The summed E-state index contributed by atoms with van der Waals surface area (Å²) in [6.45, 7) is 4.86. The van der Waals surface area contributed by atoms with E-state index < -0.39 is 5.60 Å². The minimum absolute atomic E-state index is 0.200. The van der Waals surface area contributed by atoms with Crippen LogP contribution >= 0.6 is 0 Å². The molecule has 2 N–H and O–H groups in total. The summed E-state index contributed by atoms with van der Waals surface area (Å²) in [5, 5.41) is 13.5. The van der Waals surface area contributed by atoms with E-state index in [0.29, 0.717) is 19.6 Å². The van der Waals surface area contributed by atoms with Crippen molar-refractivity contribution >= 4 is 5.97 Å². The molecule has 0 aromatic heterocycles. The maximum absolute atomic E-state index is 11.6. The van der Waals surface area contributed by atoms with E-state index in [1.54, 1.807) is 0 Å². The van der Waals surface area contributed by atoms with Crippen molar-refractivity contribution in [3.05, 3.63) is 0 Å². The summed E-state index contributed by atoms with van der Waals surface area (Å²) in [6, 6.07) is -0.341. The van der Waals surface area contributed by atoms with Gasteiger partial charge in [-0.05, 0) is 13.3 Å². The molecule has 0 bridgehead atoms. The highest BCUT2D eigenvalue weighted by molar-refractivity contribution is 5.75. The van der Waals surface area contributed by atoms with Crippen LogP contribution in [-0.2, 0) is 14.3 Å². The second-order valence-corrected chi connectivity index (χ2v) is 4.97. The Balaban J connectivity index is 2.48. The van der Waals surface area contributed by atoms with Gasteiger partial charge in [0.1, 0.15) is 11.6 Å². The van der Waals surface area contributed by atoms with E-state index in [9.17, 15) is 9.90 Å². The van der Waals surface area contributed by atoms with Crippen LogP contribution in [-0.4, -0.2) is 49.1 Å². The smallest absolute Gasteiger partial charge is 0.322 e. The van der Waals surface area contributed by atoms with Crippen LogP contribution in [0.15, 0.2) is 0 Å². The third-order valence-electron chi connectivity index (χ3n) is 3.65. The summed E-state index contributed by atoms with van der Waals surface area (Å²) in [6.07, 6.45) is 3.11. The molecule has 0 spiro atoms. The molecule has 0 saturated carbocycles. The van der Waals surface area contributed by atoms with Crippen LogP contribution in [0.25, 0.3) is 0 Å². The summed E-state index contributed by atoms with van der Waals surface area (Å²) < 4.78 is 10.1. The first-order valence-corrected chi connectivity index (χ1v) is 6.68. The molecule has 1 aliphatic heterocycles. The van der Waals surface area contributed by atoms with Crippen molar-refractivity contribution in [2.24, 2.45) is 0 Å². The molecule has 1 aliphatic rings. The zero-order chi connectivity index (χ0) is 13.6. The molecular weight excluding hydrogens is 234 g/mol. The molecule has 5 nitrogen and oxygen atoms in total. The molecule has 3 unspecified atom stereocenters. The SMILES string of the molecule is CCCCC(NCC1(O)CCOC1C)C(=O)OC. The first kappa shape index (κ1) is 15.4. The number of rotatable bonds is 7. The maximum atomic E-state index is 11.6. The van der Waals surface area contributed by atoms with Crippen LogP contribution < -0.4 is 5.32 Å². The highest BCUT2D eigenvalue weighted by atomic mass is 16.5. The zero-order valence-corrected chi connectivity index (χ0v) is 11.6. The van der Waals surface area contributed by atoms with Gasteiger partial charge in [0, 0.05) is 19.6 Å². The number of carbonyl (C=O) groups excluding carboxylic acids is 1. The molecule has 0 radical (unpaired) electrons. The zero-order valence-electron chi connectivity index (χ0n) is 11.6. The molecule has 18 heavy (non-hydrogen) atoms. The van der Waals surface area contributed by atoms with Gasteiger partial charge in [-0.25, -0.2) is 0 Å². The number of unbranched alkanes of at least 4 members (excludes halogenated alkanes) is 1. The second kappa shape index (κ2) is 7.07. The number of esters is 1. The van der Waals surface area contributed by atoms with Crippen molar-refractivity contribution in [1.29, 1.82) is 0 Å². The van der Waals surface area contributed by atoms with Crippen LogP contribution in [0.3, 0.4) is 0 Å². The molecule has 5 heteroatoms. The average Bonchev–Trinajstić information content (AvgIpc) is 2.69. The Morgan fingerprint density at radius 1 is 1.67 bits per heavy atom. The number of hydrogen-bond donors (Lipinski definition) is 2. The van der Waals surface area contributed by atoms with Gasteiger partial charge in [-0.15, -0.1) is 0 Å². The molecule has 0 aromatic carbocycles. The molecule has 1 saturated heterocycles. The van der Waals surface area contributed by atoms with Gasteiger partial charge in [-0.2, -0.15) is 0 Å². The monoisotopic (exact) mass is 259 g/mol. The van der Waals surface area contributed by atoms with Crippen LogP contribution in [0.4, 0.5) is 0 Å². The molecule has 1 rings (SSSR count). The number of ether oxygens (including phenoxy) is 2. The fraction of sp³-hybridized carbons (Fsp3) is 0.923. The Kier molecular flexibility index (Phi) is 6.05. The normalized spacial score (nSPS) is 29.2. The van der Waals surface area contributed by atoms with E-state index >= 15 is 0 Å². The predicted octanol–water partition coefficient (Wildman–Crippen LogP) is 0.848. The fourth-order valence-corrected chi connectivity index (χ4v) is 2.16. The molecular formula is C13H25NO4. The number of methoxy groups -OCH3 is 1. The molecule has 1 fully saturated rings. The largest absolute Gasteiger partial charge is 0.468 e. The number of aliphatic hydroxyl groups is 1. The predicted molar refractivity (Wildman–Crippen MR) is 68.3 cm³/mol. The van der Waals surface area contributed by atoms with Crippen molar-refractivity contribution in [3.63, 3.8) is 0 Å². The highest BCUT2D eigenvalue weighted by Gasteiger charge is 2.40. The van der Waals surface area contributed by atoms with Gasteiger partial charge in [0.2, 0.25) is 0 Å². The topological polar surface area (TPSA) is 67.8 Å². The van der Waals surface area contributed by atoms with Gasteiger partial charge in [0.05, 0.1) is 13.2 Å². The van der Waals surface area contributed by atoms with Crippen molar-refractivity contribution in [3.8, 4) is 0 Å². The van der Waals surface area contributed by atoms with E-state index in [1.165, 1.54) is 7.11 Å². The minimum Gasteiger partial charge on any atom is -0.468 e. The molecule has 3 atom stereocenters. The van der Waals surface area contributed by atoms with Crippen LogP contribution in [0.2, 0.25) is 0 Å². The molecule has 0 amide bonds. The van der Waals surface area contributed by atoms with Crippen molar-refractivity contribution in [1.82, 2.24) is 5.32 Å². The first-order chi connectivity index (χ1) is 8.53. The lowest BCUT2D eigenvalue weighted by Crippen LogP contribution is -2.50. The lowest BCUT2D eigenvalue weighted by atomic mass is 9.96. The lowest BCUT2D eigenvalue weighted by molar-refractivity contribution is -0.143. The summed E-state index contributed by atoms with van der Waals surface area (Å²) in [4.78, 5) is 11.6. The fourth-order valence-electron chi connectivity index (χ4n) is 2.16. The summed E-state index contributed by atoms with van der Waals surface area (Å²) >= 11 is 0. The number of carbonyl (C=O) groups is 1. The molecule has 0 aromatic rings. The minimum atomic E-state index is -0.877. The summed E-state index contributed by atoms with van der Waals surface area (Å²) in [7, 11) is 1.39. The quantitative estimate of drug-likeness (QED) is 0.663. The van der Waals surface area contributed by atoms with Gasteiger partial charge in [-0.3, -0.25) is 4.79 Å². The van der Waals surface area contributed by atoms with Crippen LogP contribution in [0.5, 0.6) is 0 Å². The second-order valence-electron chi connectivity index (χ2n) is 4.97. The van der Waals surface area contributed by atoms with E-state index in [1.807, 2.05) is 6.92 Å². The van der Waals surface area contributed by atoms with Gasteiger partial charge in [0.25, 0.3) is 0 Å². The van der Waals surface area contributed by atoms with Crippen molar-refractivity contribution < 1.29 is 19.4 Å². The molecule has 0 aliphatic carbocycles. The average molecular weight is 259 g/mol.